The number of thioether (sulfide) groups is 1. The van der Waals surface area contributed by atoms with E-state index in [-0.39, 0.29) is 0 Å². The second kappa shape index (κ2) is 4.25. The van der Waals surface area contributed by atoms with Gasteiger partial charge in [-0.3, -0.25) is 4.99 Å². The van der Waals surface area contributed by atoms with Crippen LogP contribution in [0.3, 0.4) is 0 Å². The molecule has 0 bridgehead atoms. The highest BCUT2D eigenvalue weighted by Crippen LogP contribution is 2.45. The van der Waals surface area contributed by atoms with E-state index in [0.29, 0.717) is 5.41 Å². The maximum Gasteiger partial charge on any atom is 0.156 e. The van der Waals surface area contributed by atoms with Crippen molar-refractivity contribution in [1.82, 2.24) is 5.32 Å². The Bertz CT molecular complexity index is 296. The van der Waals surface area contributed by atoms with Crippen molar-refractivity contribution in [2.75, 3.05) is 12.3 Å². The molecule has 2 atom stereocenters. The van der Waals surface area contributed by atoms with Gasteiger partial charge in [0.2, 0.25) is 0 Å². The third-order valence-corrected chi connectivity index (χ3v) is 5.48. The minimum Gasteiger partial charge on any atom is -0.362 e. The van der Waals surface area contributed by atoms with Crippen LogP contribution in [-0.4, -0.2) is 23.5 Å². The van der Waals surface area contributed by atoms with Crippen LogP contribution in [0.2, 0.25) is 0 Å². The fourth-order valence-corrected chi connectivity index (χ4v) is 3.87. The molecule has 16 heavy (non-hydrogen) atoms. The Balaban J connectivity index is 1.57. The minimum absolute atomic E-state index is 0.554. The number of rotatable bonds is 2. The lowest BCUT2D eigenvalue weighted by Gasteiger charge is -2.37. The number of amidine groups is 1. The van der Waals surface area contributed by atoms with Crippen LogP contribution in [0.25, 0.3) is 0 Å². The van der Waals surface area contributed by atoms with E-state index in [1.165, 1.54) is 49.4 Å². The summed E-state index contributed by atoms with van der Waals surface area (Å²) in [5.41, 5.74) is 0.554. The summed E-state index contributed by atoms with van der Waals surface area (Å²) in [4.78, 5) is 4.78. The third-order valence-electron chi connectivity index (χ3n) is 4.36. The molecule has 0 aromatic carbocycles. The first-order valence-corrected chi connectivity index (χ1v) is 7.68. The van der Waals surface area contributed by atoms with Crippen molar-refractivity contribution < 1.29 is 0 Å². The Morgan fingerprint density at radius 2 is 2.19 bits per heavy atom. The van der Waals surface area contributed by atoms with Crippen LogP contribution in [0.15, 0.2) is 4.99 Å². The van der Waals surface area contributed by atoms with Gasteiger partial charge >= 0.3 is 0 Å². The molecule has 2 saturated carbocycles. The second-order valence-electron chi connectivity index (χ2n) is 6.04. The lowest BCUT2D eigenvalue weighted by Crippen LogP contribution is -2.46. The summed E-state index contributed by atoms with van der Waals surface area (Å²) in [5, 5.41) is 4.90. The Hall–Kier alpha value is -0.180. The normalized spacial score (nSPS) is 38.9. The van der Waals surface area contributed by atoms with Gasteiger partial charge in [0.15, 0.2) is 5.17 Å². The Labute approximate surface area is 103 Å². The number of hydrogen-bond donors (Lipinski definition) is 1. The molecule has 0 amide bonds. The molecular formula is C13H22N2S. The zero-order valence-corrected chi connectivity index (χ0v) is 11.0. The van der Waals surface area contributed by atoms with Crippen molar-refractivity contribution in [1.29, 1.82) is 0 Å². The zero-order valence-electron chi connectivity index (χ0n) is 10.2. The molecule has 3 heteroatoms. The predicted octanol–water partition coefficient (Wildman–Crippen LogP) is 3.04. The first-order chi connectivity index (χ1) is 7.75. The van der Waals surface area contributed by atoms with Crippen LogP contribution in [0.1, 0.15) is 45.4 Å². The molecule has 0 radical (unpaired) electrons. The molecule has 2 aliphatic carbocycles. The lowest BCUT2D eigenvalue weighted by atomic mass is 9.86. The maximum absolute atomic E-state index is 4.78. The van der Waals surface area contributed by atoms with Gasteiger partial charge in [-0.2, -0.15) is 0 Å². The van der Waals surface area contributed by atoms with E-state index in [1.807, 2.05) is 11.8 Å². The van der Waals surface area contributed by atoms with Crippen LogP contribution in [0.4, 0.5) is 0 Å². The lowest BCUT2D eigenvalue weighted by molar-refractivity contribution is 0.311. The van der Waals surface area contributed by atoms with Crippen LogP contribution in [0.5, 0.6) is 0 Å². The molecule has 1 aliphatic heterocycles. The summed E-state index contributed by atoms with van der Waals surface area (Å²) >= 11 is 1.96. The van der Waals surface area contributed by atoms with Gasteiger partial charge < -0.3 is 5.32 Å². The predicted molar refractivity (Wildman–Crippen MR) is 71.0 cm³/mol. The Morgan fingerprint density at radius 1 is 1.38 bits per heavy atom. The first-order valence-electron chi connectivity index (χ1n) is 6.69. The van der Waals surface area contributed by atoms with E-state index in [2.05, 4.69) is 12.2 Å². The van der Waals surface area contributed by atoms with Gasteiger partial charge in [-0.1, -0.05) is 31.5 Å². The molecule has 1 heterocycles. The fourth-order valence-electron chi connectivity index (χ4n) is 2.71. The number of fused-ring (bicyclic) bond motifs is 1. The zero-order chi connectivity index (χ0) is 11.0. The van der Waals surface area contributed by atoms with Crippen LogP contribution in [0, 0.1) is 11.3 Å². The topological polar surface area (TPSA) is 24.4 Å². The van der Waals surface area contributed by atoms with Gasteiger partial charge in [-0.25, -0.2) is 0 Å². The summed E-state index contributed by atoms with van der Waals surface area (Å²) < 4.78 is 0. The molecule has 2 unspecified atom stereocenters. The van der Waals surface area contributed by atoms with Crippen molar-refractivity contribution in [2.45, 2.75) is 51.5 Å². The van der Waals surface area contributed by atoms with Gasteiger partial charge in [-0.05, 0) is 37.0 Å². The molecule has 0 spiro atoms. The largest absolute Gasteiger partial charge is 0.362 e. The van der Waals surface area contributed by atoms with Gasteiger partial charge in [0.05, 0.1) is 0 Å². The van der Waals surface area contributed by atoms with E-state index in [0.717, 1.165) is 18.5 Å². The maximum atomic E-state index is 4.78. The van der Waals surface area contributed by atoms with Crippen molar-refractivity contribution >= 4 is 16.9 Å². The average molecular weight is 238 g/mol. The monoisotopic (exact) mass is 238 g/mol. The Kier molecular flexibility index (Phi) is 2.90. The highest BCUT2D eigenvalue weighted by Gasteiger charge is 2.37. The highest BCUT2D eigenvalue weighted by atomic mass is 32.2. The number of nitrogens with one attached hydrogen (secondary N) is 1. The van der Waals surface area contributed by atoms with E-state index in [9.17, 15) is 0 Å². The summed E-state index contributed by atoms with van der Waals surface area (Å²) in [5.74, 6) is 2.21. The summed E-state index contributed by atoms with van der Waals surface area (Å²) in [6.45, 7) is 3.40. The number of nitrogens with zero attached hydrogens (tertiary/aromatic N) is 1. The molecule has 3 fully saturated rings. The van der Waals surface area contributed by atoms with Gasteiger partial charge in [-0.15, -0.1) is 0 Å². The van der Waals surface area contributed by atoms with Crippen molar-refractivity contribution in [3.8, 4) is 0 Å². The van der Waals surface area contributed by atoms with Crippen LogP contribution in [-0.2, 0) is 0 Å². The Morgan fingerprint density at radius 3 is 3.00 bits per heavy atom. The second-order valence-corrected chi connectivity index (χ2v) is 7.05. The molecule has 0 aromatic rings. The number of hydrogen-bond acceptors (Lipinski definition) is 2. The molecule has 2 nitrogen and oxygen atoms in total. The third kappa shape index (κ3) is 2.39. The molecule has 0 aromatic heterocycles. The molecule has 3 rings (SSSR count). The van der Waals surface area contributed by atoms with Gasteiger partial charge in [0, 0.05) is 18.3 Å². The van der Waals surface area contributed by atoms with Crippen molar-refractivity contribution in [2.24, 2.45) is 16.3 Å². The van der Waals surface area contributed by atoms with Crippen molar-refractivity contribution in [3.05, 3.63) is 0 Å². The SMILES string of the molecule is CC1(CN=C2NC3CCCCC3CS2)CC1. The molecule has 3 aliphatic rings. The summed E-state index contributed by atoms with van der Waals surface area (Å²) in [6.07, 6.45) is 8.38. The number of aliphatic imine (C=N–C) groups is 1. The van der Waals surface area contributed by atoms with E-state index in [1.54, 1.807) is 0 Å². The summed E-state index contributed by atoms with van der Waals surface area (Å²) in [7, 11) is 0. The van der Waals surface area contributed by atoms with Crippen molar-refractivity contribution in [3.63, 3.8) is 0 Å². The smallest absolute Gasteiger partial charge is 0.156 e. The molecule has 1 saturated heterocycles. The van der Waals surface area contributed by atoms with E-state index < -0.39 is 0 Å². The van der Waals surface area contributed by atoms with Crippen LogP contribution >= 0.6 is 11.8 Å². The quantitative estimate of drug-likeness (QED) is 0.799. The van der Waals surface area contributed by atoms with Gasteiger partial charge in [0.25, 0.3) is 0 Å². The average Bonchev–Trinajstić information content (AvgIpc) is 3.05. The minimum atomic E-state index is 0.554. The highest BCUT2D eigenvalue weighted by molar-refractivity contribution is 8.13. The molecule has 1 N–H and O–H groups in total. The first kappa shape index (κ1) is 10.9. The standard InChI is InChI=1S/C13H22N2S/c1-13(6-7-13)9-14-12-15-11-5-3-2-4-10(11)8-16-12/h10-11H,2-9H2,1H3,(H,14,15). The van der Waals surface area contributed by atoms with Gasteiger partial charge in [0.1, 0.15) is 0 Å². The fraction of sp³-hybridized carbons (Fsp3) is 0.923. The van der Waals surface area contributed by atoms with E-state index >= 15 is 0 Å². The summed E-state index contributed by atoms with van der Waals surface area (Å²) in [6, 6.07) is 0.737. The molecular weight excluding hydrogens is 216 g/mol. The molecule has 90 valence electrons. The van der Waals surface area contributed by atoms with E-state index in [4.69, 9.17) is 4.99 Å². The van der Waals surface area contributed by atoms with Crippen LogP contribution < -0.4 is 5.32 Å².